The molecule has 0 radical (unpaired) electrons. The Hall–Kier alpha value is -3.16. The molecule has 234 valence electrons. The van der Waals surface area contributed by atoms with E-state index < -0.39 is 11.8 Å². The lowest BCUT2D eigenvalue weighted by Crippen LogP contribution is -2.41. The second kappa shape index (κ2) is 18.4. The van der Waals surface area contributed by atoms with Crippen molar-refractivity contribution in [3.8, 4) is 0 Å². The van der Waals surface area contributed by atoms with E-state index in [0.717, 1.165) is 12.0 Å². The van der Waals surface area contributed by atoms with E-state index in [-0.39, 0.29) is 85.1 Å². The molecule has 0 aliphatic heterocycles. The minimum absolute atomic E-state index is 0.0486. The maximum atomic E-state index is 13.4. The van der Waals surface area contributed by atoms with Crippen molar-refractivity contribution < 1.29 is 28.8 Å². The third-order valence-electron chi connectivity index (χ3n) is 7.91. The summed E-state index contributed by atoms with van der Waals surface area (Å²) in [6, 6.07) is 9.45. The molecule has 2 amide bonds. The van der Waals surface area contributed by atoms with Gasteiger partial charge in [0, 0.05) is 57.5 Å². The second-order valence-corrected chi connectivity index (χ2v) is 12.3. The first-order valence-electron chi connectivity index (χ1n) is 15.3. The molecular formula is C34H52N2O6. The molecule has 4 unspecified atom stereocenters. The van der Waals surface area contributed by atoms with Crippen LogP contribution in [-0.2, 0) is 35.2 Å². The first-order chi connectivity index (χ1) is 19.7. The molecule has 0 bridgehead atoms. The standard InChI is InChI=1S/C34H52N2O6/c1-9-24(5)31(32(40)10-2)20-30(39)22-36(8)33(41)27(16-23(3)4)19-29(38)21-35(7)34(42)28(17-25(6)37)18-26-14-12-11-13-15-26/h11-15,23-24,27-28,31H,9-10,16-22H2,1-8H3. The van der Waals surface area contributed by atoms with Gasteiger partial charge in [-0.2, -0.15) is 0 Å². The Kier molecular flexibility index (Phi) is 16.1. The van der Waals surface area contributed by atoms with Crippen molar-refractivity contribution in [3.63, 3.8) is 0 Å². The number of Topliss-reactive ketones (excluding diaryl/α,β-unsaturated/α-hetero) is 4. The fourth-order valence-corrected chi connectivity index (χ4v) is 5.47. The topological polar surface area (TPSA) is 109 Å². The second-order valence-electron chi connectivity index (χ2n) is 12.3. The van der Waals surface area contributed by atoms with Crippen LogP contribution >= 0.6 is 0 Å². The predicted octanol–water partition coefficient (Wildman–Crippen LogP) is 4.96. The zero-order valence-corrected chi connectivity index (χ0v) is 27.0. The highest BCUT2D eigenvalue weighted by Gasteiger charge is 2.31. The van der Waals surface area contributed by atoms with Gasteiger partial charge < -0.3 is 14.6 Å². The van der Waals surface area contributed by atoms with Gasteiger partial charge >= 0.3 is 0 Å². The van der Waals surface area contributed by atoms with Gasteiger partial charge in [0.1, 0.15) is 11.6 Å². The van der Waals surface area contributed by atoms with E-state index in [0.29, 0.717) is 19.3 Å². The van der Waals surface area contributed by atoms with Crippen LogP contribution in [-0.4, -0.2) is 71.9 Å². The van der Waals surface area contributed by atoms with Crippen LogP contribution in [0.1, 0.15) is 85.6 Å². The van der Waals surface area contributed by atoms with E-state index in [1.165, 1.54) is 16.7 Å². The summed E-state index contributed by atoms with van der Waals surface area (Å²) in [4.78, 5) is 79.7. The highest BCUT2D eigenvalue weighted by Crippen LogP contribution is 2.23. The van der Waals surface area contributed by atoms with Crippen LogP contribution in [0.15, 0.2) is 30.3 Å². The molecule has 4 atom stereocenters. The smallest absolute Gasteiger partial charge is 0.226 e. The first-order valence-corrected chi connectivity index (χ1v) is 15.3. The van der Waals surface area contributed by atoms with E-state index in [2.05, 4.69) is 0 Å². The van der Waals surface area contributed by atoms with Gasteiger partial charge in [-0.1, -0.05) is 71.4 Å². The van der Waals surface area contributed by atoms with Crippen molar-refractivity contribution in [2.75, 3.05) is 27.2 Å². The number of amides is 2. The quantitative estimate of drug-likeness (QED) is 0.214. The van der Waals surface area contributed by atoms with Gasteiger partial charge in [-0.3, -0.25) is 24.0 Å². The molecule has 0 heterocycles. The molecule has 0 saturated carbocycles. The Morgan fingerprint density at radius 3 is 1.74 bits per heavy atom. The highest BCUT2D eigenvalue weighted by atomic mass is 16.2. The maximum absolute atomic E-state index is 13.4. The summed E-state index contributed by atoms with van der Waals surface area (Å²) in [7, 11) is 3.11. The summed E-state index contributed by atoms with van der Waals surface area (Å²) < 4.78 is 0. The summed E-state index contributed by atoms with van der Waals surface area (Å²) in [5.41, 5.74) is 0.937. The zero-order chi connectivity index (χ0) is 32.0. The average molecular weight is 585 g/mol. The maximum Gasteiger partial charge on any atom is 0.226 e. The van der Waals surface area contributed by atoms with Crippen molar-refractivity contribution in [1.82, 2.24) is 9.80 Å². The average Bonchev–Trinajstić information content (AvgIpc) is 2.93. The van der Waals surface area contributed by atoms with Crippen LogP contribution in [0, 0.1) is 29.6 Å². The van der Waals surface area contributed by atoms with Gasteiger partial charge in [0.15, 0.2) is 11.6 Å². The van der Waals surface area contributed by atoms with E-state index in [4.69, 9.17) is 0 Å². The lowest BCUT2D eigenvalue weighted by molar-refractivity contribution is -0.142. The number of ketones is 4. The monoisotopic (exact) mass is 584 g/mol. The molecule has 0 aliphatic rings. The largest absolute Gasteiger partial charge is 0.338 e. The van der Waals surface area contributed by atoms with E-state index in [1.54, 1.807) is 21.0 Å². The SMILES string of the molecule is CCC(=O)C(CC(=O)CN(C)C(=O)C(CC(=O)CN(C)C(=O)C(CC(C)=O)Cc1ccccc1)CC(C)C)C(C)CC. The molecule has 0 saturated heterocycles. The normalized spacial score (nSPS) is 14.0. The van der Waals surface area contributed by atoms with Gasteiger partial charge in [-0.05, 0) is 37.2 Å². The molecule has 42 heavy (non-hydrogen) atoms. The molecule has 0 aliphatic carbocycles. The summed E-state index contributed by atoms with van der Waals surface area (Å²) in [6.07, 6.45) is 2.15. The van der Waals surface area contributed by atoms with Crippen LogP contribution in [0.5, 0.6) is 0 Å². The Morgan fingerprint density at radius 1 is 0.738 bits per heavy atom. The van der Waals surface area contributed by atoms with Crippen LogP contribution in [0.3, 0.4) is 0 Å². The van der Waals surface area contributed by atoms with Crippen molar-refractivity contribution >= 4 is 34.9 Å². The molecule has 0 spiro atoms. The van der Waals surface area contributed by atoms with Crippen molar-refractivity contribution in [2.24, 2.45) is 29.6 Å². The minimum atomic E-state index is -0.626. The molecule has 0 aromatic heterocycles. The molecule has 0 N–H and O–H groups in total. The number of benzene rings is 1. The lowest BCUT2D eigenvalue weighted by Gasteiger charge is -2.27. The van der Waals surface area contributed by atoms with Crippen LogP contribution < -0.4 is 0 Å². The van der Waals surface area contributed by atoms with E-state index in [9.17, 15) is 28.8 Å². The molecule has 8 nitrogen and oxygen atoms in total. The van der Waals surface area contributed by atoms with Gasteiger partial charge in [-0.25, -0.2) is 0 Å². The van der Waals surface area contributed by atoms with Gasteiger partial charge in [-0.15, -0.1) is 0 Å². The first kappa shape index (κ1) is 36.9. The van der Waals surface area contributed by atoms with Crippen molar-refractivity contribution in [3.05, 3.63) is 35.9 Å². The number of nitrogens with zero attached hydrogens (tertiary/aromatic N) is 2. The molecular weight excluding hydrogens is 532 g/mol. The molecule has 0 fully saturated rings. The zero-order valence-electron chi connectivity index (χ0n) is 27.0. The third kappa shape index (κ3) is 12.8. The number of carbonyl (C=O) groups is 6. The minimum Gasteiger partial charge on any atom is -0.338 e. The Morgan fingerprint density at radius 2 is 1.26 bits per heavy atom. The van der Waals surface area contributed by atoms with Crippen molar-refractivity contribution in [2.45, 2.75) is 86.5 Å². The summed E-state index contributed by atoms with van der Waals surface area (Å²) >= 11 is 0. The summed E-state index contributed by atoms with van der Waals surface area (Å²) in [5, 5.41) is 0. The number of hydrogen-bond donors (Lipinski definition) is 0. The Balaban J connectivity index is 2.90. The van der Waals surface area contributed by atoms with E-state index in [1.807, 2.05) is 58.0 Å². The van der Waals surface area contributed by atoms with Crippen LogP contribution in [0.25, 0.3) is 0 Å². The highest BCUT2D eigenvalue weighted by molar-refractivity contribution is 5.94. The fourth-order valence-electron chi connectivity index (χ4n) is 5.47. The molecule has 1 aromatic carbocycles. The number of rotatable bonds is 20. The lowest BCUT2D eigenvalue weighted by atomic mass is 9.83. The van der Waals surface area contributed by atoms with Gasteiger partial charge in [0.05, 0.1) is 13.1 Å². The summed E-state index contributed by atoms with van der Waals surface area (Å²) in [5.74, 6) is -2.38. The number of hydrogen-bond acceptors (Lipinski definition) is 6. The number of carbonyl (C=O) groups excluding carboxylic acids is 6. The fraction of sp³-hybridized carbons (Fsp3) is 0.647. The molecule has 1 rings (SSSR count). The van der Waals surface area contributed by atoms with Gasteiger partial charge in [0.2, 0.25) is 11.8 Å². The Labute approximate surface area is 252 Å². The van der Waals surface area contributed by atoms with Gasteiger partial charge in [0.25, 0.3) is 0 Å². The van der Waals surface area contributed by atoms with Crippen LogP contribution in [0.4, 0.5) is 0 Å². The number of likely N-dealkylation sites (N-methyl/N-ethyl adjacent to an activating group) is 2. The predicted molar refractivity (Wildman–Crippen MR) is 165 cm³/mol. The summed E-state index contributed by atoms with van der Waals surface area (Å²) in [6.45, 7) is 10.9. The van der Waals surface area contributed by atoms with E-state index >= 15 is 0 Å². The molecule has 1 aromatic rings. The molecule has 8 heteroatoms. The Bertz CT molecular complexity index is 1070. The van der Waals surface area contributed by atoms with Crippen molar-refractivity contribution in [1.29, 1.82) is 0 Å². The van der Waals surface area contributed by atoms with Crippen LogP contribution in [0.2, 0.25) is 0 Å². The third-order valence-corrected chi connectivity index (χ3v) is 7.91.